The Hall–Kier alpha value is -2.38. The minimum Gasteiger partial charge on any atom is -0.494 e. The molecule has 0 spiro atoms. The number of nitrogens with two attached hydrogens (primary N) is 1. The van der Waals surface area contributed by atoms with Gasteiger partial charge in [-0.25, -0.2) is 9.66 Å². The molecule has 0 bridgehead atoms. The highest BCUT2D eigenvalue weighted by Crippen LogP contribution is 2.12. The summed E-state index contributed by atoms with van der Waals surface area (Å²) in [5.74, 6) is 1.27. The number of nitrogen functional groups attached to an aromatic ring is 1. The summed E-state index contributed by atoms with van der Waals surface area (Å²) >= 11 is 0. The predicted octanol–water partition coefficient (Wildman–Crippen LogP) is 2.15. The summed E-state index contributed by atoms with van der Waals surface area (Å²) in [6.45, 7) is 7.57. The average Bonchev–Trinajstić information content (AvgIpc) is 2.99. The Morgan fingerprint density at radius 2 is 2.00 bits per heavy atom. The average molecular weight is 357 g/mol. The number of morpholine rings is 1. The third-order valence-electron chi connectivity index (χ3n) is 4.29. The van der Waals surface area contributed by atoms with Crippen LogP contribution in [0.3, 0.4) is 0 Å². The highest BCUT2D eigenvalue weighted by atomic mass is 16.5. The topological polar surface area (TPSA) is 77.9 Å². The molecule has 0 saturated carbocycles. The molecule has 140 valence electrons. The molecule has 1 aliphatic heterocycles. The van der Waals surface area contributed by atoms with Gasteiger partial charge in [-0.15, -0.1) is 0 Å². The molecular formula is C19H27N5O2. The number of hydrogen-bond donors (Lipinski definition) is 1. The van der Waals surface area contributed by atoms with E-state index in [-0.39, 0.29) is 0 Å². The van der Waals surface area contributed by atoms with Crippen LogP contribution >= 0.6 is 0 Å². The highest BCUT2D eigenvalue weighted by molar-refractivity contribution is 5.79. The first-order valence-corrected chi connectivity index (χ1v) is 9.09. The van der Waals surface area contributed by atoms with E-state index in [0.717, 1.165) is 69.3 Å². The van der Waals surface area contributed by atoms with Crippen molar-refractivity contribution in [1.29, 1.82) is 0 Å². The number of aromatic nitrogens is 2. The maximum absolute atomic E-state index is 5.81. The van der Waals surface area contributed by atoms with Gasteiger partial charge in [0.25, 0.3) is 0 Å². The van der Waals surface area contributed by atoms with Crippen LogP contribution in [0.25, 0.3) is 0 Å². The van der Waals surface area contributed by atoms with Gasteiger partial charge in [0.05, 0.1) is 37.9 Å². The van der Waals surface area contributed by atoms with Crippen LogP contribution in [-0.2, 0) is 4.74 Å². The maximum atomic E-state index is 5.81. The molecule has 1 aliphatic rings. The monoisotopic (exact) mass is 357 g/mol. The van der Waals surface area contributed by atoms with Crippen LogP contribution in [0, 0.1) is 6.92 Å². The summed E-state index contributed by atoms with van der Waals surface area (Å²) in [6.07, 6.45) is 5.75. The van der Waals surface area contributed by atoms with Crippen molar-refractivity contribution >= 4 is 12.2 Å². The second-order valence-corrected chi connectivity index (χ2v) is 6.41. The van der Waals surface area contributed by atoms with Gasteiger partial charge in [-0.3, -0.25) is 4.90 Å². The van der Waals surface area contributed by atoms with Gasteiger partial charge in [0.2, 0.25) is 5.95 Å². The van der Waals surface area contributed by atoms with E-state index in [9.17, 15) is 0 Å². The number of ether oxygens (including phenoxy) is 2. The fourth-order valence-electron chi connectivity index (χ4n) is 2.83. The normalized spacial score (nSPS) is 15.6. The van der Waals surface area contributed by atoms with E-state index in [2.05, 4.69) is 15.0 Å². The summed E-state index contributed by atoms with van der Waals surface area (Å²) in [4.78, 5) is 6.56. The van der Waals surface area contributed by atoms with Crippen molar-refractivity contribution in [3.8, 4) is 5.75 Å². The lowest BCUT2D eigenvalue weighted by atomic mass is 10.2. The van der Waals surface area contributed by atoms with E-state index in [4.69, 9.17) is 15.2 Å². The summed E-state index contributed by atoms with van der Waals surface area (Å²) in [6, 6.07) is 7.89. The second kappa shape index (κ2) is 9.35. The predicted molar refractivity (Wildman–Crippen MR) is 103 cm³/mol. The highest BCUT2D eigenvalue weighted by Gasteiger charge is 2.09. The van der Waals surface area contributed by atoms with E-state index in [1.54, 1.807) is 17.1 Å². The first-order chi connectivity index (χ1) is 12.7. The summed E-state index contributed by atoms with van der Waals surface area (Å²) in [7, 11) is 0. The van der Waals surface area contributed by atoms with Crippen molar-refractivity contribution in [2.75, 3.05) is 45.2 Å². The number of anilines is 1. The summed E-state index contributed by atoms with van der Waals surface area (Å²) < 4.78 is 12.7. The third kappa shape index (κ3) is 5.57. The summed E-state index contributed by atoms with van der Waals surface area (Å²) in [5, 5.41) is 4.31. The van der Waals surface area contributed by atoms with E-state index < -0.39 is 0 Å². The van der Waals surface area contributed by atoms with Crippen LogP contribution in [-0.4, -0.2) is 60.2 Å². The lowest BCUT2D eigenvalue weighted by molar-refractivity contribution is 0.0368. The van der Waals surface area contributed by atoms with Crippen molar-refractivity contribution in [3.63, 3.8) is 0 Å². The molecule has 1 aromatic heterocycles. The fraction of sp³-hybridized carbons (Fsp3) is 0.474. The largest absolute Gasteiger partial charge is 0.494 e. The van der Waals surface area contributed by atoms with Gasteiger partial charge >= 0.3 is 0 Å². The van der Waals surface area contributed by atoms with Crippen LogP contribution in [0.15, 0.2) is 35.6 Å². The zero-order chi connectivity index (χ0) is 18.2. The fourth-order valence-corrected chi connectivity index (χ4v) is 2.83. The molecule has 0 amide bonds. The molecule has 7 nitrogen and oxygen atoms in total. The molecule has 2 N–H and O–H groups in total. The number of unbranched alkanes of at least 4 members (excludes halogenated alkanes) is 1. The van der Waals surface area contributed by atoms with Crippen LogP contribution in [0.5, 0.6) is 5.75 Å². The number of imidazole rings is 1. The van der Waals surface area contributed by atoms with Crippen molar-refractivity contribution < 1.29 is 9.47 Å². The van der Waals surface area contributed by atoms with Gasteiger partial charge in [0.1, 0.15) is 5.75 Å². The van der Waals surface area contributed by atoms with Gasteiger partial charge in [-0.2, -0.15) is 5.10 Å². The molecule has 0 aliphatic carbocycles. The molecule has 2 aromatic rings. The van der Waals surface area contributed by atoms with Gasteiger partial charge in [0, 0.05) is 13.1 Å². The van der Waals surface area contributed by atoms with Crippen molar-refractivity contribution in [2.45, 2.75) is 19.8 Å². The van der Waals surface area contributed by atoms with Crippen LogP contribution in [0.4, 0.5) is 5.95 Å². The molecule has 1 aromatic carbocycles. The minimum atomic E-state index is 0.385. The van der Waals surface area contributed by atoms with E-state index in [0.29, 0.717) is 5.95 Å². The number of benzene rings is 1. The van der Waals surface area contributed by atoms with Crippen LogP contribution < -0.4 is 10.5 Å². The van der Waals surface area contributed by atoms with E-state index >= 15 is 0 Å². The Labute approximate surface area is 154 Å². The Kier molecular flexibility index (Phi) is 6.62. The molecule has 1 fully saturated rings. The zero-order valence-electron chi connectivity index (χ0n) is 15.3. The van der Waals surface area contributed by atoms with Crippen molar-refractivity contribution in [1.82, 2.24) is 14.6 Å². The van der Waals surface area contributed by atoms with Gasteiger partial charge in [0.15, 0.2) is 0 Å². The standard InChI is InChI=1S/C19H27N5O2/c1-16-15-24(19(20)22-16)21-14-17-4-6-18(7-5-17)26-11-3-2-8-23-9-12-25-13-10-23/h4-7,14-15H,2-3,8-13H2,1H3,(H2,20,22). The first kappa shape index (κ1) is 18.4. The Morgan fingerprint density at radius 3 is 2.69 bits per heavy atom. The van der Waals surface area contributed by atoms with Gasteiger partial charge in [-0.1, -0.05) is 0 Å². The molecule has 3 rings (SSSR count). The molecule has 0 radical (unpaired) electrons. The Bertz CT molecular complexity index is 705. The van der Waals surface area contributed by atoms with Gasteiger partial charge < -0.3 is 15.2 Å². The molecule has 0 atom stereocenters. The Balaban J connectivity index is 1.38. The van der Waals surface area contributed by atoms with Crippen molar-refractivity contribution in [3.05, 3.63) is 41.7 Å². The molecule has 0 unspecified atom stereocenters. The summed E-state index contributed by atoms with van der Waals surface area (Å²) in [5.41, 5.74) is 7.59. The van der Waals surface area contributed by atoms with Crippen LogP contribution in [0.1, 0.15) is 24.1 Å². The van der Waals surface area contributed by atoms with E-state index in [1.165, 1.54) is 0 Å². The molecule has 26 heavy (non-hydrogen) atoms. The number of hydrogen-bond acceptors (Lipinski definition) is 6. The minimum absolute atomic E-state index is 0.385. The number of aryl methyl sites for hydroxylation is 1. The zero-order valence-corrected chi connectivity index (χ0v) is 15.3. The molecular weight excluding hydrogens is 330 g/mol. The SMILES string of the molecule is Cc1cn(N=Cc2ccc(OCCCCN3CCOCC3)cc2)c(N)n1. The van der Waals surface area contributed by atoms with Crippen molar-refractivity contribution in [2.24, 2.45) is 5.10 Å². The Morgan fingerprint density at radius 1 is 1.23 bits per heavy atom. The van der Waals surface area contributed by atoms with E-state index in [1.807, 2.05) is 31.2 Å². The molecule has 7 heteroatoms. The smallest absolute Gasteiger partial charge is 0.221 e. The number of nitrogens with zero attached hydrogens (tertiary/aromatic N) is 4. The lowest BCUT2D eigenvalue weighted by Crippen LogP contribution is -2.36. The third-order valence-corrected chi connectivity index (χ3v) is 4.29. The second-order valence-electron chi connectivity index (χ2n) is 6.41. The quantitative estimate of drug-likeness (QED) is 0.578. The molecule has 1 saturated heterocycles. The maximum Gasteiger partial charge on any atom is 0.221 e. The first-order valence-electron chi connectivity index (χ1n) is 9.09. The molecule has 2 heterocycles. The number of rotatable bonds is 8. The van der Waals surface area contributed by atoms with Crippen LogP contribution in [0.2, 0.25) is 0 Å². The lowest BCUT2D eigenvalue weighted by Gasteiger charge is -2.26. The van der Waals surface area contributed by atoms with Gasteiger partial charge in [-0.05, 0) is 56.1 Å².